The monoisotopic (exact) mass is 384 g/mol. The van der Waals surface area contributed by atoms with Crippen molar-refractivity contribution in [3.05, 3.63) is 47.7 Å². The number of carbonyl (C=O) groups excluding carboxylic acids is 1. The first-order chi connectivity index (χ1) is 13.3. The zero-order valence-corrected chi connectivity index (χ0v) is 15.5. The normalized spacial score (nSPS) is 16.4. The van der Waals surface area contributed by atoms with Crippen molar-refractivity contribution >= 4 is 23.1 Å². The van der Waals surface area contributed by atoms with Crippen LogP contribution in [0.15, 0.2) is 42.7 Å². The first-order valence-electron chi connectivity index (χ1n) is 8.83. The number of nitrogens with one attached hydrogen (secondary N) is 2. The maximum absolute atomic E-state index is 12.1. The predicted octanol–water partition coefficient (Wildman–Crippen LogP) is 2.90. The van der Waals surface area contributed by atoms with E-state index >= 15 is 0 Å². The SMILES string of the molecule is O=C(NCc1nnc(-c2ccccc2)s1)Nc1cnn(CC2CCCO2)c1. The molecule has 27 heavy (non-hydrogen) atoms. The van der Waals surface area contributed by atoms with Crippen LogP contribution in [0.1, 0.15) is 17.8 Å². The Labute approximate surface area is 160 Å². The van der Waals surface area contributed by atoms with Crippen LogP contribution < -0.4 is 10.6 Å². The van der Waals surface area contributed by atoms with E-state index in [1.54, 1.807) is 17.1 Å². The smallest absolute Gasteiger partial charge is 0.319 e. The molecule has 2 N–H and O–H groups in total. The Morgan fingerprint density at radius 2 is 2.19 bits per heavy atom. The number of ether oxygens (including phenoxy) is 1. The van der Waals surface area contributed by atoms with Crippen LogP contribution in [0.4, 0.5) is 10.5 Å². The van der Waals surface area contributed by atoms with Crippen molar-refractivity contribution in [1.82, 2.24) is 25.3 Å². The summed E-state index contributed by atoms with van der Waals surface area (Å²) in [5, 5.41) is 19.7. The van der Waals surface area contributed by atoms with Crippen LogP contribution in [-0.4, -0.2) is 38.7 Å². The summed E-state index contributed by atoms with van der Waals surface area (Å²) in [5.74, 6) is 0. The molecule has 0 radical (unpaired) electrons. The molecule has 0 aliphatic carbocycles. The van der Waals surface area contributed by atoms with Crippen molar-refractivity contribution in [2.24, 2.45) is 0 Å². The van der Waals surface area contributed by atoms with Crippen LogP contribution in [0, 0.1) is 0 Å². The number of nitrogens with zero attached hydrogens (tertiary/aromatic N) is 4. The average molecular weight is 384 g/mol. The van der Waals surface area contributed by atoms with E-state index in [0.29, 0.717) is 18.8 Å². The second-order valence-corrected chi connectivity index (χ2v) is 7.32. The molecular weight excluding hydrogens is 364 g/mol. The van der Waals surface area contributed by atoms with Crippen molar-refractivity contribution in [2.45, 2.75) is 32.0 Å². The van der Waals surface area contributed by atoms with Gasteiger partial charge in [-0.15, -0.1) is 10.2 Å². The summed E-state index contributed by atoms with van der Waals surface area (Å²) in [5.41, 5.74) is 1.66. The quantitative estimate of drug-likeness (QED) is 0.681. The van der Waals surface area contributed by atoms with Crippen LogP contribution in [-0.2, 0) is 17.8 Å². The average Bonchev–Trinajstić information content (AvgIpc) is 3.44. The van der Waals surface area contributed by atoms with Crippen LogP contribution in [0.5, 0.6) is 0 Å². The first-order valence-corrected chi connectivity index (χ1v) is 9.64. The fourth-order valence-electron chi connectivity index (χ4n) is 2.88. The molecule has 2 amide bonds. The van der Waals surface area contributed by atoms with Crippen molar-refractivity contribution in [2.75, 3.05) is 11.9 Å². The Kier molecular flexibility index (Phi) is 5.40. The van der Waals surface area contributed by atoms with E-state index < -0.39 is 0 Å². The molecule has 1 aliphatic rings. The summed E-state index contributed by atoms with van der Waals surface area (Å²) in [6.07, 6.45) is 5.79. The highest BCUT2D eigenvalue weighted by molar-refractivity contribution is 7.14. The molecule has 8 nitrogen and oxygen atoms in total. The molecule has 0 bridgehead atoms. The number of carbonyl (C=O) groups is 1. The highest BCUT2D eigenvalue weighted by atomic mass is 32.1. The minimum absolute atomic E-state index is 0.211. The van der Waals surface area contributed by atoms with Gasteiger partial charge in [-0.3, -0.25) is 4.68 Å². The fraction of sp³-hybridized carbons (Fsp3) is 0.333. The lowest BCUT2D eigenvalue weighted by atomic mass is 10.2. The third kappa shape index (κ3) is 4.69. The highest BCUT2D eigenvalue weighted by Gasteiger charge is 2.16. The van der Waals surface area contributed by atoms with Crippen LogP contribution in [0.25, 0.3) is 10.6 Å². The summed E-state index contributed by atoms with van der Waals surface area (Å²) in [6, 6.07) is 9.54. The van der Waals surface area contributed by atoms with Gasteiger partial charge in [0.2, 0.25) is 0 Å². The Morgan fingerprint density at radius 3 is 3.00 bits per heavy atom. The summed E-state index contributed by atoms with van der Waals surface area (Å²) in [7, 11) is 0. The summed E-state index contributed by atoms with van der Waals surface area (Å²) in [6.45, 7) is 1.84. The lowest BCUT2D eigenvalue weighted by molar-refractivity contribution is 0.0940. The molecule has 0 spiro atoms. The Balaban J connectivity index is 1.26. The number of aromatic nitrogens is 4. The number of urea groups is 1. The Bertz CT molecular complexity index is 888. The summed E-state index contributed by atoms with van der Waals surface area (Å²) >= 11 is 1.46. The maximum Gasteiger partial charge on any atom is 0.319 e. The van der Waals surface area contributed by atoms with Gasteiger partial charge in [0.25, 0.3) is 0 Å². The molecule has 1 aliphatic heterocycles. The van der Waals surface area contributed by atoms with Crippen molar-refractivity contribution in [3.63, 3.8) is 0 Å². The van der Waals surface area contributed by atoms with Crippen molar-refractivity contribution in [1.29, 1.82) is 0 Å². The van der Waals surface area contributed by atoms with E-state index in [0.717, 1.165) is 35.0 Å². The zero-order valence-electron chi connectivity index (χ0n) is 14.7. The third-order valence-electron chi connectivity index (χ3n) is 4.19. The van der Waals surface area contributed by atoms with E-state index in [4.69, 9.17) is 4.74 Å². The van der Waals surface area contributed by atoms with Gasteiger partial charge in [-0.25, -0.2) is 4.79 Å². The van der Waals surface area contributed by atoms with Crippen LogP contribution >= 0.6 is 11.3 Å². The molecule has 2 aromatic heterocycles. The molecule has 1 fully saturated rings. The highest BCUT2D eigenvalue weighted by Crippen LogP contribution is 2.22. The Morgan fingerprint density at radius 1 is 1.30 bits per heavy atom. The van der Waals surface area contributed by atoms with Crippen molar-refractivity contribution < 1.29 is 9.53 Å². The molecule has 4 rings (SSSR count). The molecule has 1 aromatic carbocycles. The van der Waals surface area contributed by atoms with Gasteiger partial charge < -0.3 is 15.4 Å². The minimum atomic E-state index is -0.303. The molecule has 3 aromatic rings. The van der Waals surface area contributed by atoms with Crippen molar-refractivity contribution in [3.8, 4) is 10.6 Å². The molecule has 140 valence electrons. The van der Waals surface area contributed by atoms with E-state index in [-0.39, 0.29) is 12.1 Å². The van der Waals surface area contributed by atoms with Gasteiger partial charge in [0.15, 0.2) is 0 Å². The molecule has 1 atom stereocenters. The molecule has 1 unspecified atom stereocenters. The fourth-order valence-corrected chi connectivity index (χ4v) is 3.66. The number of benzene rings is 1. The van der Waals surface area contributed by atoms with Gasteiger partial charge in [-0.2, -0.15) is 5.10 Å². The van der Waals surface area contributed by atoms with Crippen LogP contribution in [0.3, 0.4) is 0 Å². The van der Waals surface area contributed by atoms with Gasteiger partial charge in [0, 0.05) is 18.4 Å². The second-order valence-electron chi connectivity index (χ2n) is 6.26. The largest absolute Gasteiger partial charge is 0.376 e. The number of hydrogen-bond acceptors (Lipinski definition) is 6. The standard InChI is InChI=1S/C18H20N6O2S/c25-18(21-14-9-20-24(11-14)12-15-7-4-8-26-15)19-10-16-22-23-17(27-16)13-5-2-1-3-6-13/h1-3,5-6,9,11,15H,4,7-8,10,12H2,(H2,19,21,25). The summed E-state index contributed by atoms with van der Waals surface area (Å²) < 4.78 is 7.39. The van der Waals surface area contributed by atoms with Gasteiger partial charge in [-0.05, 0) is 12.8 Å². The number of hydrogen-bond donors (Lipinski definition) is 2. The molecule has 1 saturated heterocycles. The van der Waals surface area contributed by atoms with Gasteiger partial charge in [0.1, 0.15) is 10.0 Å². The molecule has 3 heterocycles. The topological polar surface area (TPSA) is 94.0 Å². The van der Waals surface area contributed by atoms with Gasteiger partial charge in [-0.1, -0.05) is 41.7 Å². The maximum atomic E-state index is 12.1. The second kappa shape index (κ2) is 8.28. The van der Waals surface area contributed by atoms with Crippen LogP contribution in [0.2, 0.25) is 0 Å². The van der Waals surface area contributed by atoms with E-state index in [2.05, 4.69) is 25.9 Å². The first kappa shape index (κ1) is 17.6. The predicted molar refractivity (Wildman–Crippen MR) is 102 cm³/mol. The Hall–Kier alpha value is -2.78. The number of rotatable bonds is 6. The minimum Gasteiger partial charge on any atom is -0.376 e. The zero-order chi connectivity index (χ0) is 18.5. The van der Waals surface area contributed by atoms with E-state index in [9.17, 15) is 4.79 Å². The van der Waals surface area contributed by atoms with Gasteiger partial charge in [0.05, 0.1) is 31.1 Å². The van der Waals surface area contributed by atoms with Gasteiger partial charge >= 0.3 is 6.03 Å². The van der Waals surface area contributed by atoms with E-state index in [1.165, 1.54) is 11.3 Å². The number of anilines is 1. The molecular formula is C18H20N6O2S. The third-order valence-corrected chi connectivity index (χ3v) is 5.17. The molecule has 9 heteroatoms. The number of amides is 2. The lowest BCUT2D eigenvalue weighted by Gasteiger charge is -2.08. The summed E-state index contributed by atoms with van der Waals surface area (Å²) in [4.78, 5) is 12.1. The molecule has 0 saturated carbocycles. The van der Waals surface area contributed by atoms with E-state index in [1.807, 2.05) is 30.3 Å². The lowest BCUT2D eigenvalue weighted by Crippen LogP contribution is -2.28.